The van der Waals surface area contributed by atoms with Crippen molar-refractivity contribution >= 4 is 58.0 Å². The molecule has 52 heavy (non-hydrogen) atoms. The van der Waals surface area contributed by atoms with Gasteiger partial charge in [0, 0.05) is 18.9 Å². The van der Waals surface area contributed by atoms with Gasteiger partial charge in [0.2, 0.25) is 5.91 Å². The molecule has 0 radical (unpaired) electrons. The zero-order valence-electron chi connectivity index (χ0n) is 28.5. The van der Waals surface area contributed by atoms with Gasteiger partial charge in [-0.05, 0) is 35.0 Å². The number of carbonyl (C=O) groups excluding carboxylic acids is 4. The van der Waals surface area contributed by atoms with Crippen molar-refractivity contribution in [2.75, 3.05) is 13.2 Å². The predicted molar refractivity (Wildman–Crippen MR) is 200 cm³/mol. The van der Waals surface area contributed by atoms with Crippen molar-refractivity contribution in [3.05, 3.63) is 152 Å². The summed E-state index contributed by atoms with van der Waals surface area (Å²) in [4.78, 5) is 69.0. The van der Waals surface area contributed by atoms with E-state index in [2.05, 4.69) is 13.2 Å². The molecule has 1 aliphatic rings. The van der Waals surface area contributed by atoms with Gasteiger partial charge in [0.05, 0.1) is 17.5 Å². The van der Waals surface area contributed by atoms with Gasteiger partial charge in [0.15, 0.2) is 5.78 Å². The first-order valence-corrected chi connectivity index (χ1v) is 18.3. The van der Waals surface area contributed by atoms with Crippen molar-refractivity contribution in [2.24, 2.45) is 5.92 Å². The zero-order valence-corrected chi connectivity index (χ0v) is 29.4. The maximum absolute atomic E-state index is 14.7. The Hall–Kier alpha value is -5.99. The molecule has 0 aliphatic carbocycles. The number of β-lactam (4-membered cyclic amide) rings is 1. The number of hydrogen-bond donors (Lipinski definition) is 1. The molecule has 3 atom stereocenters. The lowest BCUT2D eigenvalue weighted by molar-refractivity contribution is -0.158. The highest BCUT2D eigenvalue weighted by molar-refractivity contribution is 7.96. The number of esters is 1. The fraction of sp³-hybridized carbons (Fsp3) is 0.171. The van der Waals surface area contributed by atoms with Crippen molar-refractivity contribution in [2.45, 2.75) is 25.5 Å². The van der Waals surface area contributed by atoms with Crippen LogP contribution >= 0.6 is 6.89 Å². The lowest BCUT2D eigenvalue weighted by Gasteiger charge is -2.51. The minimum atomic E-state index is -3.31. The lowest BCUT2D eigenvalue weighted by atomic mass is 9.79. The highest BCUT2D eigenvalue weighted by Gasteiger charge is 2.57. The van der Waals surface area contributed by atoms with E-state index in [1.54, 1.807) is 0 Å². The highest BCUT2D eigenvalue weighted by atomic mass is 31.2. The Balaban J connectivity index is 1.81. The molecule has 4 aromatic carbocycles. The Bertz CT molecular complexity index is 1930. The van der Waals surface area contributed by atoms with Gasteiger partial charge >= 0.3 is 18.1 Å². The van der Waals surface area contributed by atoms with Crippen molar-refractivity contribution in [1.82, 2.24) is 4.90 Å². The molecular formula is C41H38NO9P. The minimum Gasteiger partial charge on any atom is -0.478 e. The summed E-state index contributed by atoms with van der Waals surface area (Å²) in [7, 11) is 0. The molecule has 1 N–H and O–H groups in total. The van der Waals surface area contributed by atoms with E-state index in [9.17, 15) is 29.1 Å². The van der Waals surface area contributed by atoms with Gasteiger partial charge < -0.3 is 24.2 Å². The molecule has 0 aromatic heterocycles. The van der Waals surface area contributed by atoms with Gasteiger partial charge in [-0.25, -0.2) is 14.4 Å². The summed E-state index contributed by atoms with van der Waals surface area (Å²) in [5, 5.41) is 11.8. The number of rotatable bonds is 15. The van der Waals surface area contributed by atoms with Crippen LogP contribution in [0.4, 0.5) is 4.79 Å². The Morgan fingerprint density at radius 1 is 0.769 bits per heavy atom. The van der Waals surface area contributed by atoms with Crippen molar-refractivity contribution in [1.29, 1.82) is 0 Å². The summed E-state index contributed by atoms with van der Waals surface area (Å²) in [5.41, 5.74) is 0.0358. The van der Waals surface area contributed by atoms with E-state index >= 15 is 0 Å². The summed E-state index contributed by atoms with van der Waals surface area (Å²) < 4.78 is 16.3. The van der Waals surface area contributed by atoms with Crippen LogP contribution in [0, 0.1) is 5.92 Å². The molecule has 4 aromatic rings. The number of aromatic carboxylic acids is 1. The van der Waals surface area contributed by atoms with Crippen LogP contribution in [0.25, 0.3) is 0 Å². The van der Waals surface area contributed by atoms with Crippen LogP contribution in [-0.4, -0.2) is 70.6 Å². The third kappa shape index (κ3) is 7.53. The second kappa shape index (κ2) is 16.8. The highest BCUT2D eigenvalue weighted by Crippen LogP contribution is 2.50. The SMILES string of the molecule is C=CCOC(=O)O[C@H](C)[C@H]1C(=O)N(C(C(=O)OCC=C)=P(c2ccccc2)(c2ccccc2)c2ccccc2)[C@@H]1CC(=O)c1cccc(C(=O)O)c1. The molecule has 5 rings (SSSR count). The largest absolute Gasteiger partial charge is 0.508 e. The maximum atomic E-state index is 14.7. The molecule has 0 bridgehead atoms. The normalized spacial score (nSPS) is 15.7. The summed E-state index contributed by atoms with van der Waals surface area (Å²) in [5.74, 6) is -4.15. The number of hydrogen-bond acceptors (Lipinski definition) is 8. The van der Waals surface area contributed by atoms with Crippen LogP contribution in [0.2, 0.25) is 0 Å². The standard InChI is InChI=1S/C41H38NO9P/c1-4-24-49-40(47)38(52(31-18-9-6-10-19-31,32-20-11-7-12-21-32)33-22-13-8-14-23-33)42-34(27-35(43)29-16-15-17-30(26-29)39(45)46)36(37(42)44)28(3)51-41(48)50-25-5-2/h4-23,26,28,34,36H,1-2,24-25,27H2,3H3,(H,45,46)/t28-,34-,36-/m1/s1. The van der Waals surface area contributed by atoms with Crippen molar-refractivity contribution in [3.63, 3.8) is 0 Å². The molecule has 0 spiro atoms. The number of ketones is 1. The summed E-state index contributed by atoms with van der Waals surface area (Å²) in [6, 6.07) is 32.6. The number of carbonyl (C=O) groups is 5. The molecule has 1 heterocycles. The van der Waals surface area contributed by atoms with E-state index in [4.69, 9.17) is 14.2 Å². The van der Waals surface area contributed by atoms with Gasteiger partial charge in [-0.2, -0.15) is 0 Å². The summed E-state index contributed by atoms with van der Waals surface area (Å²) in [6.07, 6.45) is 0.321. The average Bonchev–Trinajstić information content (AvgIpc) is 3.17. The molecule has 1 fully saturated rings. The number of benzene rings is 4. The summed E-state index contributed by atoms with van der Waals surface area (Å²) in [6.45, 7) is 5.15. The van der Waals surface area contributed by atoms with Crippen molar-refractivity contribution < 1.29 is 43.3 Å². The molecule has 266 valence electrons. The van der Waals surface area contributed by atoms with Gasteiger partial charge in [-0.15, -0.1) is 0 Å². The van der Waals surface area contributed by atoms with E-state index < -0.39 is 54.7 Å². The average molecular weight is 720 g/mol. The number of carboxylic acids is 1. The quantitative estimate of drug-likeness (QED) is 0.0566. The van der Waals surface area contributed by atoms with E-state index in [1.807, 2.05) is 91.0 Å². The van der Waals surface area contributed by atoms with Crippen LogP contribution in [0.15, 0.2) is 141 Å². The smallest absolute Gasteiger partial charge is 0.478 e. The third-order valence-corrected chi connectivity index (χ3v) is 12.9. The first-order valence-electron chi connectivity index (χ1n) is 16.5. The minimum absolute atomic E-state index is 0.0257. The van der Waals surface area contributed by atoms with E-state index in [0.717, 1.165) is 15.9 Å². The molecule has 10 nitrogen and oxygen atoms in total. The second-order valence-electron chi connectivity index (χ2n) is 11.9. The first kappa shape index (κ1) is 37.3. The number of ether oxygens (including phenoxy) is 3. The Kier molecular flexibility index (Phi) is 12.0. The fourth-order valence-corrected chi connectivity index (χ4v) is 10.8. The third-order valence-electron chi connectivity index (χ3n) is 8.69. The van der Waals surface area contributed by atoms with Crippen LogP contribution in [0.5, 0.6) is 0 Å². The number of likely N-dealkylation sites (tertiary alicyclic amines) is 1. The number of carboxylic acid groups (broad SMARTS) is 1. The van der Waals surface area contributed by atoms with Gasteiger partial charge in [0.25, 0.3) is 0 Å². The van der Waals surface area contributed by atoms with E-state index in [1.165, 1.54) is 48.2 Å². The molecule has 1 amide bonds. The van der Waals surface area contributed by atoms with E-state index in [0.29, 0.717) is 0 Å². The van der Waals surface area contributed by atoms with Crippen LogP contribution < -0.4 is 15.9 Å². The molecule has 1 saturated heterocycles. The predicted octanol–water partition coefficient (Wildman–Crippen LogP) is 5.37. The van der Waals surface area contributed by atoms with Crippen LogP contribution in [0.1, 0.15) is 34.1 Å². The molecule has 11 heteroatoms. The molecule has 0 unspecified atom stereocenters. The molecular weight excluding hydrogens is 681 g/mol. The van der Waals surface area contributed by atoms with Gasteiger partial charge in [-0.3, -0.25) is 9.59 Å². The number of Topliss-reactive ketones (excluding diaryl/α,β-unsaturated/α-hetero) is 1. The second-order valence-corrected chi connectivity index (χ2v) is 15.2. The van der Waals surface area contributed by atoms with Gasteiger partial charge in [0.1, 0.15) is 24.7 Å². The van der Waals surface area contributed by atoms with Gasteiger partial charge in [-0.1, -0.05) is 128 Å². The molecule has 0 saturated carbocycles. The monoisotopic (exact) mass is 719 g/mol. The maximum Gasteiger partial charge on any atom is 0.508 e. The number of nitrogens with zero attached hydrogens (tertiary/aromatic N) is 1. The van der Waals surface area contributed by atoms with Crippen LogP contribution in [-0.2, 0) is 23.8 Å². The zero-order chi connectivity index (χ0) is 37.3. The fourth-order valence-electron chi connectivity index (χ4n) is 6.44. The molecule has 1 aliphatic heterocycles. The summed E-state index contributed by atoms with van der Waals surface area (Å²) >= 11 is 0. The van der Waals surface area contributed by atoms with Crippen LogP contribution in [0.3, 0.4) is 0 Å². The Morgan fingerprint density at radius 3 is 1.77 bits per heavy atom. The Labute approximate surface area is 301 Å². The van der Waals surface area contributed by atoms with E-state index in [-0.39, 0.29) is 36.2 Å². The number of amides is 1. The van der Waals surface area contributed by atoms with Crippen molar-refractivity contribution in [3.8, 4) is 0 Å². The first-order chi connectivity index (χ1) is 25.1. The lowest BCUT2D eigenvalue weighted by Crippen LogP contribution is -2.69. The Morgan fingerprint density at radius 2 is 1.27 bits per heavy atom. The topological polar surface area (TPSA) is 137 Å².